The van der Waals surface area contributed by atoms with Gasteiger partial charge >= 0.3 is 5.97 Å². The molecule has 17 atom stereocenters. The van der Waals surface area contributed by atoms with Gasteiger partial charge in [-0.05, 0) is 110 Å². The van der Waals surface area contributed by atoms with E-state index in [0.717, 1.165) is 32.1 Å². The van der Waals surface area contributed by atoms with E-state index in [0.29, 0.717) is 12.8 Å². The van der Waals surface area contributed by atoms with Crippen molar-refractivity contribution in [2.75, 3.05) is 6.61 Å². The summed E-state index contributed by atoms with van der Waals surface area (Å²) in [5.74, 6) is -0.363. The molecule has 0 aromatic carbocycles. The lowest BCUT2D eigenvalue weighted by molar-refractivity contribution is -0.306. The maximum atomic E-state index is 12.5. The number of carbonyl (C=O) groups is 1. The van der Waals surface area contributed by atoms with Gasteiger partial charge in [0.05, 0.1) is 30.5 Å². The number of hydrogen-bond acceptors (Lipinski definition) is 11. The fraction of sp³-hybridized carbons (Fsp3) is 0.973. The molecule has 11 nitrogen and oxygen atoms in total. The molecular weight excluding hydrogens is 620 g/mol. The van der Waals surface area contributed by atoms with E-state index < -0.39 is 53.9 Å². The van der Waals surface area contributed by atoms with Crippen molar-refractivity contribution in [2.24, 2.45) is 50.7 Å². The second-order valence-electron chi connectivity index (χ2n) is 18.6. The third-order valence-corrected chi connectivity index (χ3v) is 15.4. The number of fused-ring (bicyclic) bond motifs is 2. The maximum absolute atomic E-state index is 12.5. The Hall–Kier alpha value is -0.890. The summed E-state index contributed by atoms with van der Waals surface area (Å²) >= 11 is 0. The predicted octanol–water partition coefficient (Wildman–Crippen LogP) is 2.28. The SMILES string of the molecule is CC(=O)OC1CC2(C)C3CC(O)C4C(C)(C)C(OC5OCC(O)C(O)C5O)CCC45CC35CCC2(C)C1C(C)CC(O)C(O)C(C)(C)O. The van der Waals surface area contributed by atoms with Crippen LogP contribution in [-0.4, -0.2) is 109 Å². The van der Waals surface area contributed by atoms with Crippen molar-refractivity contribution in [3.05, 3.63) is 0 Å². The van der Waals surface area contributed by atoms with Crippen LogP contribution in [0.1, 0.15) is 107 Å². The van der Waals surface area contributed by atoms with E-state index in [1.165, 1.54) is 20.8 Å². The summed E-state index contributed by atoms with van der Waals surface area (Å²) in [6.07, 6.45) is -2.60. The number of hydrogen-bond donors (Lipinski definition) is 7. The van der Waals surface area contributed by atoms with Crippen LogP contribution in [0.25, 0.3) is 0 Å². The smallest absolute Gasteiger partial charge is 0.302 e. The highest BCUT2D eigenvalue weighted by atomic mass is 16.7. The van der Waals surface area contributed by atoms with Gasteiger partial charge < -0.3 is 50.0 Å². The van der Waals surface area contributed by atoms with Gasteiger partial charge in [-0.3, -0.25) is 4.79 Å². The number of ether oxygens (including phenoxy) is 3. The lowest BCUT2D eigenvalue weighted by atomic mass is 9.41. The van der Waals surface area contributed by atoms with Crippen LogP contribution in [-0.2, 0) is 19.0 Å². The van der Waals surface area contributed by atoms with E-state index in [2.05, 4.69) is 34.6 Å². The summed E-state index contributed by atoms with van der Waals surface area (Å²) in [7, 11) is 0. The summed E-state index contributed by atoms with van der Waals surface area (Å²) in [5.41, 5.74) is -2.47. The molecule has 0 bridgehead atoms. The van der Waals surface area contributed by atoms with Crippen LogP contribution in [0, 0.1) is 50.7 Å². The highest BCUT2D eigenvalue weighted by molar-refractivity contribution is 5.66. The molecule has 48 heavy (non-hydrogen) atoms. The largest absolute Gasteiger partial charge is 0.462 e. The Bertz CT molecular complexity index is 1240. The Morgan fingerprint density at radius 1 is 0.958 bits per heavy atom. The molecule has 5 aliphatic carbocycles. The molecule has 7 N–H and O–H groups in total. The van der Waals surface area contributed by atoms with Crippen LogP contribution in [0.3, 0.4) is 0 Å². The van der Waals surface area contributed by atoms with E-state index in [4.69, 9.17) is 14.2 Å². The predicted molar refractivity (Wildman–Crippen MR) is 174 cm³/mol. The number of rotatable bonds is 8. The zero-order chi connectivity index (χ0) is 35.6. The molecule has 276 valence electrons. The van der Waals surface area contributed by atoms with Gasteiger partial charge in [0.1, 0.15) is 30.5 Å². The molecule has 1 aliphatic heterocycles. The molecular formula is C37H62O11. The summed E-state index contributed by atoms with van der Waals surface area (Å²) < 4.78 is 18.1. The van der Waals surface area contributed by atoms with Crippen LogP contribution >= 0.6 is 0 Å². The molecule has 0 radical (unpaired) electrons. The van der Waals surface area contributed by atoms with Gasteiger partial charge in [0.25, 0.3) is 0 Å². The molecule has 1 heterocycles. The van der Waals surface area contributed by atoms with Crippen molar-refractivity contribution in [2.45, 2.75) is 167 Å². The standard InChI is InChI=1S/C37H62O11/c1-18(13-21(40)30(44)33(5,6)45)26-23(47-19(2)38)15-35(8)24-14-20(39)29-32(3,4)25(48-31-28(43)27(42)22(41)16-46-31)9-10-37(29)17-36(24,37)12-11-34(26,35)7/h18,20-31,39-45H,9-17H2,1-8H3. The molecule has 2 spiro atoms. The molecule has 5 saturated carbocycles. The summed E-state index contributed by atoms with van der Waals surface area (Å²) in [6, 6.07) is 0. The molecule has 6 rings (SSSR count). The fourth-order valence-corrected chi connectivity index (χ4v) is 13.2. The fourth-order valence-electron chi connectivity index (χ4n) is 13.2. The first-order chi connectivity index (χ1) is 22.1. The first kappa shape index (κ1) is 36.9. The molecule has 0 aromatic heterocycles. The third-order valence-electron chi connectivity index (χ3n) is 15.4. The number of aliphatic hydroxyl groups is 7. The molecule has 6 fully saturated rings. The van der Waals surface area contributed by atoms with Crippen molar-refractivity contribution in [1.29, 1.82) is 0 Å². The minimum atomic E-state index is -1.46. The Labute approximate surface area is 285 Å². The average molecular weight is 683 g/mol. The Balaban J connectivity index is 1.27. The third kappa shape index (κ3) is 5.18. The minimum absolute atomic E-state index is 0.0318. The van der Waals surface area contributed by atoms with E-state index in [1.54, 1.807) is 0 Å². The van der Waals surface area contributed by atoms with E-state index in [-0.39, 0.29) is 76.5 Å². The topological polar surface area (TPSA) is 186 Å². The summed E-state index contributed by atoms with van der Waals surface area (Å²) in [5, 5.41) is 75.1. The molecule has 1 saturated heterocycles. The van der Waals surface area contributed by atoms with Crippen molar-refractivity contribution in [3.8, 4) is 0 Å². The molecule has 0 amide bonds. The first-order valence-corrected chi connectivity index (χ1v) is 18.3. The van der Waals surface area contributed by atoms with Crippen LogP contribution in [0.5, 0.6) is 0 Å². The zero-order valence-corrected chi connectivity index (χ0v) is 30.1. The van der Waals surface area contributed by atoms with E-state index in [1.807, 2.05) is 0 Å². The highest BCUT2D eigenvalue weighted by Gasteiger charge is 2.84. The van der Waals surface area contributed by atoms with Crippen LogP contribution < -0.4 is 0 Å². The van der Waals surface area contributed by atoms with Crippen LogP contribution in [0.4, 0.5) is 0 Å². The van der Waals surface area contributed by atoms with E-state index in [9.17, 15) is 40.5 Å². The van der Waals surface area contributed by atoms with Gasteiger partial charge in [0.15, 0.2) is 6.29 Å². The van der Waals surface area contributed by atoms with Gasteiger partial charge in [0.2, 0.25) is 0 Å². The normalized spacial score (nSPS) is 51.4. The number of esters is 1. The summed E-state index contributed by atoms with van der Waals surface area (Å²) in [6.45, 7) is 15.3. The van der Waals surface area contributed by atoms with Crippen molar-refractivity contribution >= 4 is 5.97 Å². The molecule has 6 aliphatic rings. The Morgan fingerprint density at radius 3 is 2.25 bits per heavy atom. The van der Waals surface area contributed by atoms with Crippen molar-refractivity contribution < 1.29 is 54.8 Å². The average Bonchev–Trinajstić information content (AvgIpc) is 3.55. The van der Waals surface area contributed by atoms with Gasteiger partial charge in [-0.2, -0.15) is 0 Å². The lowest BCUT2D eigenvalue weighted by Crippen LogP contribution is -2.63. The number of aliphatic hydroxyl groups excluding tert-OH is 6. The highest BCUT2D eigenvalue weighted by Crippen LogP contribution is 2.89. The van der Waals surface area contributed by atoms with Gasteiger partial charge in [0, 0.05) is 12.8 Å². The van der Waals surface area contributed by atoms with Gasteiger partial charge in [-0.1, -0.05) is 34.6 Å². The van der Waals surface area contributed by atoms with E-state index >= 15 is 0 Å². The number of carbonyl (C=O) groups excluding carboxylic acids is 1. The minimum Gasteiger partial charge on any atom is -0.462 e. The van der Waals surface area contributed by atoms with Crippen LogP contribution in [0.2, 0.25) is 0 Å². The lowest BCUT2D eigenvalue weighted by Gasteiger charge is -2.64. The second-order valence-corrected chi connectivity index (χ2v) is 18.6. The molecule has 11 heteroatoms. The molecule has 0 aromatic rings. The zero-order valence-electron chi connectivity index (χ0n) is 30.1. The quantitative estimate of drug-likeness (QED) is 0.147. The van der Waals surface area contributed by atoms with Gasteiger partial charge in [-0.15, -0.1) is 0 Å². The second kappa shape index (κ2) is 11.8. The first-order valence-electron chi connectivity index (χ1n) is 18.3. The molecule has 17 unspecified atom stereocenters. The Morgan fingerprint density at radius 2 is 1.62 bits per heavy atom. The van der Waals surface area contributed by atoms with Crippen molar-refractivity contribution in [1.82, 2.24) is 0 Å². The van der Waals surface area contributed by atoms with Gasteiger partial charge in [-0.25, -0.2) is 0 Å². The Kier molecular flexibility index (Phi) is 9.08. The summed E-state index contributed by atoms with van der Waals surface area (Å²) in [4.78, 5) is 12.5. The van der Waals surface area contributed by atoms with Crippen molar-refractivity contribution in [3.63, 3.8) is 0 Å². The van der Waals surface area contributed by atoms with Crippen LogP contribution in [0.15, 0.2) is 0 Å². The maximum Gasteiger partial charge on any atom is 0.302 e. The monoisotopic (exact) mass is 682 g/mol.